The molecule has 2 fully saturated rings. The van der Waals surface area contributed by atoms with Crippen molar-refractivity contribution < 1.29 is 27.5 Å². The second kappa shape index (κ2) is 17.1. The lowest BCUT2D eigenvalue weighted by atomic mass is 9.64. The van der Waals surface area contributed by atoms with Crippen molar-refractivity contribution in [1.82, 2.24) is 14.9 Å². The molecule has 292 valence electrons. The van der Waals surface area contributed by atoms with Crippen LogP contribution in [0.25, 0.3) is 0 Å². The van der Waals surface area contributed by atoms with Crippen molar-refractivity contribution in [1.29, 1.82) is 5.26 Å². The number of ether oxygens (including phenoxy) is 2. The summed E-state index contributed by atoms with van der Waals surface area (Å²) in [6.07, 6.45) is 10.3. The zero-order chi connectivity index (χ0) is 38.5. The molecule has 3 heterocycles. The van der Waals surface area contributed by atoms with E-state index in [0.29, 0.717) is 43.3 Å². The number of carbonyl (C=O) groups excluding carboxylic acids is 2. The Kier molecular flexibility index (Phi) is 12.7. The van der Waals surface area contributed by atoms with Gasteiger partial charge in [0.05, 0.1) is 23.6 Å². The zero-order valence-corrected chi connectivity index (χ0v) is 33.3. The predicted molar refractivity (Wildman–Crippen MR) is 211 cm³/mol. The molecule has 1 spiro atoms. The number of allylic oxidation sites excluding steroid dienone is 1. The van der Waals surface area contributed by atoms with Gasteiger partial charge in [0.15, 0.2) is 6.29 Å². The second-order valence-electron chi connectivity index (χ2n) is 15.7. The van der Waals surface area contributed by atoms with E-state index in [9.17, 15) is 18.0 Å². The first kappa shape index (κ1) is 40.2. The number of amides is 1. The van der Waals surface area contributed by atoms with Crippen LogP contribution < -0.4 is 19.7 Å². The second-order valence-corrected chi connectivity index (χ2v) is 18.2. The summed E-state index contributed by atoms with van der Waals surface area (Å²) in [7, 11) is -2.41. The molecule has 3 aliphatic heterocycles. The molecule has 1 saturated heterocycles. The number of nitriles is 1. The molecule has 54 heavy (non-hydrogen) atoms. The van der Waals surface area contributed by atoms with Gasteiger partial charge in [-0.3, -0.25) is 14.5 Å². The van der Waals surface area contributed by atoms with Gasteiger partial charge in [0.2, 0.25) is 10.0 Å². The van der Waals surface area contributed by atoms with Gasteiger partial charge in [0.1, 0.15) is 11.4 Å². The molecule has 13 heteroatoms. The van der Waals surface area contributed by atoms with E-state index < -0.39 is 26.8 Å². The molecular formula is C41H54ClN5O6S. The first-order chi connectivity index (χ1) is 25.9. The van der Waals surface area contributed by atoms with Crippen LogP contribution in [0.5, 0.6) is 5.75 Å². The number of sulfonamides is 1. The Morgan fingerprint density at radius 1 is 1.15 bits per heavy atom. The number of hydrogen-bond acceptors (Lipinski definition) is 10. The molecule has 1 saturated carbocycles. The average molecular weight is 780 g/mol. The average Bonchev–Trinajstić information content (AvgIpc) is 3.31. The highest BCUT2D eigenvalue weighted by Gasteiger charge is 2.49. The highest BCUT2D eigenvalue weighted by Crippen LogP contribution is 2.48. The maximum absolute atomic E-state index is 13.4. The van der Waals surface area contributed by atoms with Crippen molar-refractivity contribution in [3.63, 3.8) is 0 Å². The Hall–Kier alpha value is -3.47. The van der Waals surface area contributed by atoms with Crippen LogP contribution in [0.2, 0.25) is 5.02 Å². The lowest BCUT2D eigenvalue weighted by molar-refractivity contribution is -0.135. The molecule has 2 aliphatic carbocycles. The van der Waals surface area contributed by atoms with Gasteiger partial charge in [-0.15, -0.1) is 0 Å². The molecule has 7 rings (SSSR count). The van der Waals surface area contributed by atoms with Crippen LogP contribution >= 0.6 is 11.6 Å². The smallest absolute Gasteiger partial charge is 0.264 e. The third kappa shape index (κ3) is 8.51. The number of nitrogens with zero attached hydrogens (tertiary/aromatic N) is 3. The van der Waals surface area contributed by atoms with Crippen molar-refractivity contribution >= 4 is 39.5 Å². The molecular weight excluding hydrogens is 726 g/mol. The number of anilines is 1. The van der Waals surface area contributed by atoms with Crippen LogP contribution in [0.3, 0.4) is 0 Å². The Balaban J connectivity index is 0.000000432. The minimum absolute atomic E-state index is 0.0434. The molecule has 11 nitrogen and oxygen atoms in total. The van der Waals surface area contributed by atoms with Gasteiger partial charge in [-0.25, -0.2) is 13.1 Å². The van der Waals surface area contributed by atoms with Crippen LogP contribution in [-0.2, 0) is 31.4 Å². The number of nitrogens with one attached hydrogen (secondary N) is 2. The predicted octanol–water partition coefficient (Wildman–Crippen LogP) is 5.27. The minimum atomic E-state index is -3.97. The number of aryl methyl sites for hydroxylation is 1. The van der Waals surface area contributed by atoms with Crippen LogP contribution in [-0.4, -0.2) is 95.9 Å². The van der Waals surface area contributed by atoms with Crippen LogP contribution in [0.1, 0.15) is 73.9 Å². The number of halogens is 1. The van der Waals surface area contributed by atoms with E-state index in [4.69, 9.17) is 26.3 Å². The number of carbonyl (C=O) groups is 2. The Morgan fingerprint density at radius 3 is 2.65 bits per heavy atom. The monoisotopic (exact) mass is 779 g/mol. The van der Waals surface area contributed by atoms with Gasteiger partial charge in [0, 0.05) is 81.3 Å². The molecule has 2 aromatic rings. The maximum atomic E-state index is 13.4. The van der Waals surface area contributed by atoms with Crippen LogP contribution in [0.4, 0.5) is 5.69 Å². The van der Waals surface area contributed by atoms with Crippen LogP contribution in [0.15, 0.2) is 48.6 Å². The molecule has 0 unspecified atom stereocenters. The lowest BCUT2D eigenvalue weighted by Crippen LogP contribution is -2.53. The van der Waals surface area contributed by atoms with E-state index in [1.807, 2.05) is 25.1 Å². The molecule has 2 aromatic carbocycles. The van der Waals surface area contributed by atoms with E-state index in [0.717, 1.165) is 76.8 Å². The fourth-order valence-electron chi connectivity index (χ4n) is 8.83. The summed E-state index contributed by atoms with van der Waals surface area (Å²) >= 11 is 6.40. The highest BCUT2D eigenvalue weighted by atomic mass is 35.5. The van der Waals surface area contributed by atoms with E-state index in [-0.39, 0.29) is 28.7 Å². The normalized spacial score (nSPS) is 31.4. The molecule has 2 N–H and O–H groups in total. The summed E-state index contributed by atoms with van der Waals surface area (Å²) in [4.78, 5) is 30.7. The molecule has 0 radical (unpaired) electrons. The standard InChI is InChI=1S/C34H41ClN2O6S.C7H13N3/c1-22-6-4-15-34(20-38,42-3)29-11-8-26(29)18-37-19-33(14-5-7-24-16-27(35)10-12-28(24)33)21-43-31-13-9-25(17-30(31)37)32(39)36-44(40,41)23(22)2;8-2-1-5-10-6-3-9-4-7-10/h4,9-10,12-13,15-17,20,22-23,26,29H,5-8,11,14,18-19,21H2,1-3H3,(H,36,39);9H,1,3-7H2/b15-4+;/t22-,23+,26-,29+,33-,34+;/m0./s1. The van der Waals surface area contributed by atoms with Gasteiger partial charge in [-0.2, -0.15) is 5.26 Å². The number of aldehydes is 1. The van der Waals surface area contributed by atoms with Crippen molar-refractivity contribution in [3.05, 3.63) is 70.3 Å². The summed E-state index contributed by atoms with van der Waals surface area (Å²) in [5.74, 6) is -0.203. The third-order valence-corrected chi connectivity index (χ3v) is 14.6. The lowest BCUT2D eigenvalue weighted by Gasteiger charge is -2.48. The molecule has 6 atom stereocenters. The Bertz CT molecular complexity index is 1860. The van der Waals surface area contributed by atoms with Gasteiger partial charge >= 0.3 is 0 Å². The molecule has 2 bridgehead atoms. The molecule has 5 aliphatic rings. The van der Waals surface area contributed by atoms with Crippen molar-refractivity contribution in [2.24, 2.45) is 17.8 Å². The molecule has 0 aromatic heterocycles. The van der Waals surface area contributed by atoms with Crippen LogP contribution in [0, 0.1) is 29.1 Å². The van der Waals surface area contributed by atoms with Gasteiger partial charge in [-0.1, -0.05) is 30.7 Å². The summed E-state index contributed by atoms with van der Waals surface area (Å²) in [5, 5.41) is 11.4. The number of methoxy groups -OCH3 is 1. The summed E-state index contributed by atoms with van der Waals surface area (Å²) in [6, 6.07) is 13.4. The zero-order valence-electron chi connectivity index (χ0n) is 31.7. The maximum Gasteiger partial charge on any atom is 0.264 e. The van der Waals surface area contributed by atoms with E-state index in [1.54, 1.807) is 32.2 Å². The summed E-state index contributed by atoms with van der Waals surface area (Å²) in [5.41, 5.74) is 2.05. The topological polar surface area (TPSA) is 141 Å². The fraction of sp³-hybridized carbons (Fsp3) is 0.585. The van der Waals surface area contributed by atoms with Gasteiger partial charge in [-0.05, 0) is 105 Å². The van der Waals surface area contributed by atoms with Crippen molar-refractivity contribution in [2.75, 3.05) is 64.4 Å². The largest absolute Gasteiger partial charge is 0.490 e. The first-order valence-corrected chi connectivity index (χ1v) is 21.2. The summed E-state index contributed by atoms with van der Waals surface area (Å²) < 4.78 is 41.3. The third-order valence-electron chi connectivity index (χ3n) is 12.5. The number of rotatable bonds is 4. The SMILES string of the molecule is CO[C@@]1(C=O)/C=C/C[C@H](C)[C@@H](C)S(=O)(=O)NC(=O)c2ccc3c(c2)N(C[C@@H]2CC[C@H]21)C[C@@]1(CCCc2cc(Cl)ccc21)CO3.N#CCCN1CCNCC1. The number of piperazine rings is 1. The number of fused-ring (bicyclic) bond motifs is 4. The quantitative estimate of drug-likeness (QED) is 0.312. The number of benzene rings is 2. The number of hydrogen-bond donors (Lipinski definition) is 2. The van der Waals surface area contributed by atoms with E-state index in [1.165, 1.54) is 11.1 Å². The van der Waals surface area contributed by atoms with Crippen molar-refractivity contribution in [3.8, 4) is 11.8 Å². The van der Waals surface area contributed by atoms with Crippen molar-refractivity contribution in [2.45, 2.75) is 75.1 Å². The molecule has 1 amide bonds. The summed E-state index contributed by atoms with van der Waals surface area (Å²) in [6.45, 7) is 10.5. The van der Waals surface area contributed by atoms with E-state index >= 15 is 0 Å². The fourth-order valence-corrected chi connectivity index (χ4v) is 10.3. The van der Waals surface area contributed by atoms with Gasteiger partial charge in [0.25, 0.3) is 5.91 Å². The Labute approximate surface area is 325 Å². The highest BCUT2D eigenvalue weighted by molar-refractivity contribution is 7.90. The first-order valence-electron chi connectivity index (χ1n) is 19.3. The van der Waals surface area contributed by atoms with E-state index in [2.05, 4.69) is 38.0 Å². The minimum Gasteiger partial charge on any atom is -0.490 e. The van der Waals surface area contributed by atoms with Gasteiger partial charge < -0.3 is 19.7 Å². The Morgan fingerprint density at radius 2 is 1.94 bits per heavy atom.